The highest BCUT2D eigenvalue weighted by Gasteiger charge is 2.20. The predicted octanol–water partition coefficient (Wildman–Crippen LogP) is 4.93. The van der Waals surface area contributed by atoms with E-state index in [1.807, 2.05) is 19.9 Å². The van der Waals surface area contributed by atoms with E-state index in [9.17, 15) is 4.79 Å². The fourth-order valence-corrected chi connectivity index (χ4v) is 2.62. The van der Waals surface area contributed by atoms with Gasteiger partial charge in [-0.3, -0.25) is 0 Å². The summed E-state index contributed by atoms with van der Waals surface area (Å²) in [6.07, 6.45) is 0. The van der Waals surface area contributed by atoms with Crippen molar-refractivity contribution in [1.29, 1.82) is 0 Å². The van der Waals surface area contributed by atoms with Gasteiger partial charge in [0.25, 0.3) is 0 Å². The predicted molar refractivity (Wildman–Crippen MR) is 88.7 cm³/mol. The van der Waals surface area contributed by atoms with Crippen molar-refractivity contribution in [1.82, 2.24) is 0 Å². The highest BCUT2D eigenvalue weighted by atomic mass is 35.5. The molecule has 0 amide bonds. The molecule has 0 saturated carbocycles. The monoisotopic (exact) mass is 330 g/mol. The molecule has 1 aromatic heterocycles. The van der Waals surface area contributed by atoms with Crippen molar-refractivity contribution in [3.63, 3.8) is 0 Å². The fourth-order valence-electron chi connectivity index (χ4n) is 2.40. The number of hydrogen-bond donors (Lipinski definition) is 0. The number of carbonyl (C=O) groups is 1. The van der Waals surface area contributed by atoms with Crippen LogP contribution in [-0.4, -0.2) is 13.1 Å². The van der Waals surface area contributed by atoms with Gasteiger partial charge in [0.05, 0.1) is 7.11 Å². The lowest BCUT2D eigenvalue weighted by atomic mass is 10.1. The van der Waals surface area contributed by atoms with Gasteiger partial charge in [0.15, 0.2) is 0 Å². The summed E-state index contributed by atoms with van der Waals surface area (Å²) in [5, 5.41) is 1.42. The number of ether oxygens (including phenoxy) is 2. The Kier molecular flexibility index (Phi) is 4.01. The first-order valence-corrected chi connectivity index (χ1v) is 7.43. The van der Waals surface area contributed by atoms with E-state index in [0.29, 0.717) is 22.1 Å². The van der Waals surface area contributed by atoms with E-state index in [1.54, 1.807) is 37.4 Å². The topological polar surface area (TPSA) is 48.7 Å². The first-order valence-electron chi connectivity index (χ1n) is 7.05. The SMILES string of the molecule is COc1ccc2oc(C(=O)Oc3ccc(Cl)cc3C)c(C)c2c1. The highest BCUT2D eigenvalue weighted by Crippen LogP contribution is 2.30. The number of benzene rings is 2. The Bertz CT molecular complexity index is 895. The molecule has 0 bridgehead atoms. The van der Waals surface area contributed by atoms with Crippen LogP contribution >= 0.6 is 11.6 Å². The average molecular weight is 331 g/mol. The van der Waals surface area contributed by atoms with Gasteiger partial charge in [0.2, 0.25) is 5.76 Å². The first-order chi connectivity index (χ1) is 11.0. The molecule has 23 heavy (non-hydrogen) atoms. The first kappa shape index (κ1) is 15.4. The van der Waals surface area contributed by atoms with Crippen molar-refractivity contribution in [2.45, 2.75) is 13.8 Å². The van der Waals surface area contributed by atoms with Crippen molar-refractivity contribution >= 4 is 28.5 Å². The number of rotatable bonds is 3. The molecule has 3 aromatic rings. The van der Waals surface area contributed by atoms with Crippen LogP contribution in [0.2, 0.25) is 5.02 Å². The smallest absolute Gasteiger partial charge is 0.379 e. The molecule has 0 radical (unpaired) electrons. The Morgan fingerprint density at radius 2 is 1.91 bits per heavy atom. The summed E-state index contributed by atoms with van der Waals surface area (Å²) in [5.41, 5.74) is 2.11. The molecular weight excluding hydrogens is 316 g/mol. The van der Waals surface area contributed by atoms with E-state index in [4.69, 9.17) is 25.5 Å². The maximum atomic E-state index is 12.4. The van der Waals surface area contributed by atoms with Gasteiger partial charge >= 0.3 is 5.97 Å². The van der Waals surface area contributed by atoms with Crippen LogP contribution in [0.25, 0.3) is 11.0 Å². The van der Waals surface area contributed by atoms with Crippen molar-refractivity contribution in [3.8, 4) is 11.5 Å². The molecule has 2 aromatic carbocycles. The Balaban J connectivity index is 1.96. The maximum absolute atomic E-state index is 12.4. The number of carbonyl (C=O) groups excluding carboxylic acids is 1. The highest BCUT2D eigenvalue weighted by molar-refractivity contribution is 6.30. The minimum Gasteiger partial charge on any atom is -0.497 e. The van der Waals surface area contributed by atoms with Gasteiger partial charge in [-0.15, -0.1) is 0 Å². The lowest BCUT2D eigenvalue weighted by molar-refractivity contribution is 0.0701. The van der Waals surface area contributed by atoms with Crippen molar-refractivity contribution in [2.24, 2.45) is 0 Å². The van der Waals surface area contributed by atoms with Crippen LogP contribution in [0.4, 0.5) is 0 Å². The minimum absolute atomic E-state index is 0.183. The molecule has 5 heteroatoms. The average Bonchev–Trinajstić information content (AvgIpc) is 2.86. The molecule has 0 unspecified atom stereocenters. The van der Waals surface area contributed by atoms with Crippen LogP contribution in [0.3, 0.4) is 0 Å². The van der Waals surface area contributed by atoms with Gasteiger partial charge in [-0.2, -0.15) is 0 Å². The molecule has 3 rings (SSSR count). The molecule has 0 fully saturated rings. The number of methoxy groups -OCH3 is 1. The molecule has 0 aliphatic rings. The van der Waals surface area contributed by atoms with E-state index >= 15 is 0 Å². The van der Waals surface area contributed by atoms with Gasteiger partial charge in [-0.1, -0.05) is 11.6 Å². The summed E-state index contributed by atoms with van der Waals surface area (Å²) in [6.45, 7) is 3.64. The molecule has 0 atom stereocenters. The third-order valence-corrected chi connectivity index (χ3v) is 3.90. The molecule has 0 saturated heterocycles. The summed E-state index contributed by atoms with van der Waals surface area (Å²) in [4.78, 5) is 12.4. The second-order valence-electron chi connectivity index (χ2n) is 5.22. The Labute approximate surface area is 138 Å². The van der Waals surface area contributed by atoms with E-state index in [0.717, 1.165) is 16.5 Å². The summed E-state index contributed by atoms with van der Waals surface area (Å²) in [6, 6.07) is 10.5. The quantitative estimate of drug-likeness (QED) is 0.504. The van der Waals surface area contributed by atoms with Gasteiger partial charge in [0.1, 0.15) is 17.1 Å². The molecule has 0 aliphatic carbocycles. The number of halogens is 1. The normalized spacial score (nSPS) is 10.8. The lowest BCUT2D eigenvalue weighted by Gasteiger charge is -2.06. The second-order valence-corrected chi connectivity index (χ2v) is 5.65. The van der Waals surface area contributed by atoms with E-state index < -0.39 is 5.97 Å². The van der Waals surface area contributed by atoms with Crippen LogP contribution in [-0.2, 0) is 0 Å². The van der Waals surface area contributed by atoms with Crippen LogP contribution in [0.5, 0.6) is 11.5 Å². The number of aryl methyl sites for hydroxylation is 2. The van der Waals surface area contributed by atoms with Crippen LogP contribution < -0.4 is 9.47 Å². The number of fused-ring (bicyclic) bond motifs is 1. The molecule has 0 spiro atoms. The Morgan fingerprint density at radius 1 is 1.13 bits per heavy atom. The van der Waals surface area contributed by atoms with E-state index in [2.05, 4.69) is 0 Å². The zero-order valence-corrected chi connectivity index (χ0v) is 13.7. The second kappa shape index (κ2) is 5.97. The zero-order chi connectivity index (χ0) is 16.6. The third-order valence-electron chi connectivity index (χ3n) is 3.67. The van der Waals surface area contributed by atoms with E-state index in [-0.39, 0.29) is 5.76 Å². The van der Waals surface area contributed by atoms with Crippen molar-refractivity contribution in [3.05, 3.63) is 58.3 Å². The molecule has 0 aliphatic heterocycles. The minimum atomic E-state index is -0.539. The number of esters is 1. The van der Waals surface area contributed by atoms with Gasteiger partial charge in [0, 0.05) is 16.0 Å². The van der Waals surface area contributed by atoms with Crippen LogP contribution in [0.15, 0.2) is 40.8 Å². The summed E-state index contributed by atoms with van der Waals surface area (Å²) in [5.74, 6) is 0.803. The largest absolute Gasteiger partial charge is 0.497 e. The van der Waals surface area contributed by atoms with E-state index in [1.165, 1.54) is 0 Å². The molecule has 118 valence electrons. The van der Waals surface area contributed by atoms with Crippen LogP contribution in [0, 0.1) is 13.8 Å². The summed E-state index contributed by atoms with van der Waals surface area (Å²) in [7, 11) is 1.59. The maximum Gasteiger partial charge on any atom is 0.379 e. The van der Waals surface area contributed by atoms with Gasteiger partial charge in [-0.05, 0) is 55.8 Å². The van der Waals surface area contributed by atoms with Crippen molar-refractivity contribution < 1.29 is 18.7 Å². The zero-order valence-electron chi connectivity index (χ0n) is 13.0. The molecule has 0 N–H and O–H groups in total. The van der Waals surface area contributed by atoms with Gasteiger partial charge < -0.3 is 13.9 Å². The molecular formula is C18H15ClO4. The summed E-state index contributed by atoms with van der Waals surface area (Å²) < 4.78 is 16.3. The van der Waals surface area contributed by atoms with Crippen LogP contribution in [0.1, 0.15) is 21.7 Å². The van der Waals surface area contributed by atoms with Gasteiger partial charge in [-0.25, -0.2) is 4.79 Å². The molecule has 4 nitrogen and oxygen atoms in total. The Hall–Kier alpha value is -2.46. The Morgan fingerprint density at radius 3 is 2.61 bits per heavy atom. The summed E-state index contributed by atoms with van der Waals surface area (Å²) >= 11 is 5.91. The number of furan rings is 1. The third kappa shape index (κ3) is 2.90. The standard InChI is InChI=1S/C18H15ClO4/c1-10-8-12(19)4-6-15(10)23-18(20)17-11(2)14-9-13(21-3)5-7-16(14)22-17/h4-9H,1-3H3. The number of hydrogen-bond acceptors (Lipinski definition) is 4. The van der Waals surface area contributed by atoms with Crippen molar-refractivity contribution in [2.75, 3.05) is 7.11 Å². The fraction of sp³-hybridized carbons (Fsp3) is 0.167. The molecule has 1 heterocycles. The lowest BCUT2D eigenvalue weighted by Crippen LogP contribution is -2.09.